The van der Waals surface area contributed by atoms with E-state index in [4.69, 9.17) is 26.1 Å². The summed E-state index contributed by atoms with van der Waals surface area (Å²) in [5.41, 5.74) is 18.9. The molecule has 2 aromatic carbocycles. The molecule has 0 bridgehead atoms. The molecule has 0 saturated heterocycles. The maximum absolute atomic E-state index is 14.3. The molecule has 0 aliphatic heterocycles. The van der Waals surface area contributed by atoms with Crippen molar-refractivity contribution in [3.8, 4) is 22.6 Å². The number of hydrogen-bond acceptors (Lipinski definition) is 9. The summed E-state index contributed by atoms with van der Waals surface area (Å²) in [6.07, 6.45) is 1.73. The number of hydrogen-bond donors (Lipinski definition) is 3. The van der Waals surface area contributed by atoms with Crippen LogP contribution in [-0.4, -0.2) is 42.9 Å². The molecule has 0 radical (unpaired) electrons. The Balaban J connectivity index is 2.22. The van der Waals surface area contributed by atoms with E-state index in [-0.39, 0.29) is 48.3 Å². The van der Waals surface area contributed by atoms with Crippen LogP contribution < -0.4 is 26.1 Å². The molecule has 12 heteroatoms. The van der Waals surface area contributed by atoms with E-state index in [1.165, 1.54) is 31.4 Å². The van der Waals surface area contributed by atoms with Gasteiger partial charge in [0.2, 0.25) is 5.95 Å². The summed E-state index contributed by atoms with van der Waals surface area (Å²) in [5, 5.41) is 0. The maximum atomic E-state index is 14.3. The Morgan fingerprint density at radius 1 is 1.09 bits per heavy atom. The molecule has 0 atom stereocenters. The molecule has 34 heavy (non-hydrogen) atoms. The maximum Gasteiger partial charge on any atom is 0.384 e. The molecule has 3 rings (SSSR count). The number of nitrogens with zero attached hydrogens (tertiary/aromatic N) is 3. The first-order valence-electron chi connectivity index (χ1n) is 10.4. The Kier molecular flexibility index (Phi) is 7.42. The van der Waals surface area contributed by atoms with E-state index < -0.39 is 16.1 Å². The lowest BCUT2D eigenvalue weighted by molar-refractivity contribution is 0.339. The minimum Gasteiger partial charge on any atom is -0.493 e. The van der Waals surface area contributed by atoms with Crippen molar-refractivity contribution in [2.24, 2.45) is 0 Å². The number of halogens is 1. The highest BCUT2D eigenvalue weighted by molar-refractivity contribution is 7.84. The third kappa shape index (κ3) is 5.46. The first-order valence-corrected chi connectivity index (χ1v) is 11.8. The zero-order valence-electron chi connectivity index (χ0n) is 19.1. The lowest BCUT2D eigenvalue weighted by Crippen LogP contribution is -2.30. The number of anilines is 3. The fourth-order valence-electron chi connectivity index (χ4n) is 3.17. The van der Waals surface area contributed by atoms with Crippen LogP contribution in [0.5, 0.6) is 11.5 Å². The summed E-state index contributed by atoms with van der Waals surface area (Å²) in [6.45, 7) is 3.89. The third-order valence-electron chi connectivity index (χ3n) is 5.05. The molecule has 0 aliphatic carbocycles. The molecule has 1 aromatic heterocycles. The fourth-order valence-corrected chi connectivity index (χ4v) is 3.98. The molecule has 3 aromatic rings. The van der Waals surface area contributed by atoms with E-state index in [0.29, 0.717) is 22.4 Å². The summed E-state index contributed by atoms with van der Waals surface area (Å²) in [4.78, 5) is 7.92. The molecule has 1 heterocycles. The zero-order valence-corrected chi connectivity index (χ0v) is 19.9. The average Bonchev–Trinajstić information content (AvgIpc) is 2.77. The Morgan fingerprint density at radius 3 is 2.41 bits per heavy atom. The third-order valence-corrected chi connectivity index (χ3v) is 6.46. The molecule has 182 valence electrons. The van der Waals surface area contributed by atoms with Crippen LogP contribution in [0.25, 0.3) is 11.1 Å². The van der Waals surface area contributed by atoms with Gasteiger partial charge in [-0.2, -0.15) is 17.7 Å². The summed E-state index contributed by atoms with van der Waals surface area (Å²) in [5.74, 6) is -0.176. The molecule has 6 N–H and O–H groups in total. The summed E-state index contributed by atoms with van der Waals surface area (Å²) >= 11 is 0. The number of rotatable bonds is 9. The minimum absolute atomic E-state index is 0.0368. The molecule has 0 saturated carbocycles. The van der Waals surface area contributed by atoms with Crippen molar-refractivity contribution in [1.29, 1.82) is 0 Å². The molecular weight excluding hydrogens is 463 g/mol. The van der Waals surface area contributed by atoms with Gasteiger partial charge in [-0.1, -0.05) is 13.0 Å². The van der Waals surface area contributed by atoms with E-state index >= 15 is 0 Å². The van der Waals surface area contributed by atoms with E-state index in [1.807, 2.05) is 0 Å². The zero-order chi connectivity index (χ0) is 25.0. The van der Waals surface area contributed by atoms with Crippen molar-refractivity contribution in [2.45, 2.75) is 20.3 Å². The summed E-state index contributed by atoms with van der Waals surface area (Å²) in [7, 11) is -2.77. The van der Waals surface area contributed by atoms with Gasteiger partial charge in [0, 0.05) is 31.8 Å². The van der Waals surface area contributed by atoms with Crippen LogP contribution in [-0.2, 0) is 16.7 Å². The van der Waals surface area contributed by atoms with Gasteiger partial charge in [-0.25, -0.2) is 9.37 Å². The highest BCUT2D eigenvalue weighted by atomic mass is 32.2. The van der Waals surface area contributed by atoms with Gasteiger partial charge in [0.1, 0.15) is 17.4 Å². The van der Waals surface area contributed by atoms with Gasteiger partial charge in [0.05, 0.1) is 17.9 Å². The van der Waals surface area contributed by atoms with Crippen molar-refractivity contribution in [3.05, 3.63) is 53.5 Å². The Bertz CT molecular complexity index is 1300. The summed E-state index contributed by atoms with van der Waals surface area (Å²) in [6, 6.07) is 7.37. The van der Waals surface area contributed by atoms with Gasteiger partial charge in [-0.05, 0) is 42.3 Å². The average molecular weight is 491 g/mol. The van der Waals surface area contributed by atoms with Gasteiger partial charge in [-0.3, -0.25) is 0 Å². The predicted molar refractivity (Wildman–Crippen MR) is 129 cm³/mol. The molecule has 0 aliphatic rings. The molecule has 0 unspecified atom stereocenters. The van der Waals surface area contributed by atoms with Crippen molar-refractivity contribution in [2.75, 3.05) is 37.4 Å². The Hall–Kier alpha value is -3.64. The van der Waals surface area contributed by atoms with Crippen LogP contribution in [0.2, 0.25) is 0 Å². The highest BCUT2D eigenvalue weighted by Crippen LogP contribution is 2.42. The second-order valence-electron chi connectivity index (χ2n) is 7.41. The van der Waals surface area contributed by atoms with Crippen LogP contribution in [0, 0.1) is 5.82 Å². The second-order valence-corrected chi connectivity index (χ2v) is 9.05. The standard InChI is InChI=1S/C22H27FN6O4S/c1-4-29(3)34(30,31)33-19-10-13(8-15-12-27-22(26)28-21(15)25)9-18(32-5-2)20(19)14-6-7-17(24)16(23)11-14/h6-7,9-12H,4-5,8,24H2,1-3H3,(H4,25,26,27,28). The van der Waals surface area contributed by atoms with Crippen LogP contribution in [0.1, 0.15) is 25.0 Å². The van der Waals surface area contributed by atoms with Crippen LogP contribution in [0.15, 0.2) is 36.5 Å². The predicted octanol–water partition coefficient (Wildman–Crippen LogP) is 2.59. The van der Waals surface area contributed by atoms with E-state index in [0.717, 1.165) is 4.31 Å². The topological polar surface area (TPSA) is 160 Å². The molecule has 0 fully saturated rings. The number of benzene rings is 2. The van der Waals surface area contributed by atoms with E-state index in [2.05, 4.69) is 9.97 Å². The second kappa shape index (κ2) is 10.1. The van der Waals surface area contributed by atoms with Gasteiger partial charge < -0.3 is 26.1 Å². The Morgan fingerprint density at radius 2 is 1.79 bits per heavy atom. The minimum atomic E-state index is -4.15. The monoisotopic (exact) mass is 490 g/mol. The van der Waals surface area contributed by atoms with Gasteiger partial charge in [-0.15, -0.1) is 0 Å². The smallest absolute Gasteiger partial charge is 0.384 e. The van der Waals surface area contributed by atoms with Crippen LogP contribution >= 0.6 is 0 Å². The van der Waals surface area contributed by atoms with Gasteiger partial charge in [0.25, 0.3) is 0 Å². The number of nitrogen functional groups attached to an aromatic ring is 3. The molecule has 10 nitrogen and oxygen atoms in total. The first kappa shape index (κ1) is 25.0. The van der Waals surface area contributed by atoms with Crippen molar-refractivity contribution < 1.29 is 21.7 Å². The first-order chi connectivity index (χ1) is 16.1. The van der Waals surface area contributed by atoms with E-state index in [1.54, 1.807) is 26.0 Å². The lowest BCUT2D eigenvalue weighted by Gasteiger charge is -2.20. The normalized spacial score (nSPS) is 11.6. The van der Waals surface area contributed by atoms with Gasteiger partial charge >= 0.3 is 10.3 Å². The number of nitrogens with two attached hydrogens (primary N) is 3. The molecule has 0 amide bonds. The van der Waals surface area contributed by atoms with Crippen LogP contribution in [0.3, 0.4) is 0 Å². The Labute approximate surface area is 197 Å². The van der Waals surface area contributed by atoms with E-state index in [9.17, 15) is 12.8 Å². The largest absolute Gasteiger partial charge is 0.493 e. The van der Waals surface area contributed by atoms with Crippen molar-refractivity contribution in [3.63, 3.8) is 0 Å². The number of aromatic nitrogens is 2. The van der Waals surface area contributed by atoms with Crippen molar-refractivity contribution >= 4 is 27.8 Å². The quantitative estimate of drug-likeness (QED) is 0.383. The van der Waals surface area contributed by atoms with Gasteiger partial charge in [0.15, 0.2) is 5.75 Å². The summed E-state index contributed by atoms with van der Waals surface area (Å²) < 4.78 is 52.2. The van der Waals surface area contributed by atoms with Crippen molar-refractivity contribution in [1.82, 2.24) is 14.3 Å². The van der Waals surface area contributed by atoms with Crippen LogP contribution in [0.4, 0.5) is 21.8 Å². The highest BCUT2D eigenvalue weighted by Gasteiger charge is 2.24. The fraction of sp³-hybridized carbons (Fsp3) is 0.273. The molecular formula is C22H27FN6O4S. The lowest BCUT2D eigenvalue weighted by atomic mass is 9.98. The molecule has 0 spiro atoms. The number of ether oxygens (including phenoxy) is 1. The SMILES string of the molecule is CCOc1cc(Cc2cnc(N)nc2N)cc(OS(=O)(=O)N(C)CC)c1-c1ccc(N)c(F)c1.